The van der Waals surface area contributed by atoms with Crippen LogP contribution in [0.4, 0.5) is 8.78 Å². The monoisotopic (exact) mass is 188 g/mol. The van der Waals surface area contributed by atoms with Crippen molar-refractivity contribution in [2.45, 2.75) is 34.6 Å². The van der Waals surface area contributed by atoms with Crippen LogP contribution in [0.1, 0.15) is 33.3 Å². The second-order valence-corrected chi connectivity index (χ2v) is 1.87. The molecule has 0 unspecified atom stereocenters. The molecule has 0 fully saturated rings. The molecule has 2 heteroatoms. The molecular formula is C11H18F2. The van der Waals surface area contributed by atoms with E-state index in [0.29, 0.717) is 5.56 Å². The zero-order valence-corrected chi connectivity index (χ0v) is 8.99. The lowest BCUT2D eigenvalue weighted by molar-refractivity contribution is 0.503. The smallest absolute Gasteiger partial charge is 0.161 e. The van der Waals surface area contributed by atoms with E-state index in [1.807, 2.05) is 27.7 Å². The molecule has 1 aromatic carbocycles. The molecule has 0 saturated carbocycles. The predicted molar refractivity (Wildman–Crippen MR) is 53.8 cm³/mol. The van der Waals surface area contributed by atoms with Crippen molar-refractivity contribution in [2.75, 3.05) is 0 Å². The lowest BCUT2D eigenvalue weighted by Gasteiger charge is -1.93. The minimum Gasteiger partial charge on any atom is -0.204 e. The van der Waals surface area contributed by atoms with Crippen LogP contribution in [0, 0.1) is 18.6 Å². The van der Waals surface area contributed by atoms with E-state index in [1.165, 1.54) is 19.1 Å². The molecule has 0 atom stereocenters. The summed E-state index contributed by atoms with van der Waals surface area (Å²) in [5.41, 5.74) is 0.343. The van der Waals surface area contributed by atoms with Crippen molar-refractivity contribution in [2.24, 2.45) is 0 Å². The van der Waals surface area contributed by atoms with Crippen LogP contribution in [0.2, 0.25) is 0 Å². The van der Waals surface area contributed by atoms with Gasteiger partial charge in [0.05, 0.1) is 0 Å². The van der Waals surface area contributed by atoms with Gasteiger partial charge in [-0.15, -0.1) is 0 Å². The van der Waals surface area contributed by atoms with Crippen LogP contribution in [0.5, 0.6) is 0 Å². The number of rotatable bonds is 0. The Kier molecular flexibility index (Phi) is 10.3. The summed E-state index contributed by atoms with van der Waals surface area (Å²) in [6.07, 6.45) is 0. The van der Waals surface area contributed by atoms with Gasteiger partial charge in [-0.25, -0.2) is 8.78 Å². The molecule has 0 radical (unpaired) electrons. The summed E-state index contributed by atoms with van der Waals surface area (Å²) < 4.78 is 24.6. The first-order chi connectivity index (χ1) is 6.22. The van der Waals surface area contributed by atoms with Gasteiger partial charge in [-0.05, 0) is 18.6 Å². The minimum atomic E-state index is -0.782. The molecule has 1 rings (SSSR count). The van der Waals surface area contributed by atoms with E-state index >= 15 is 0 Å². The quantitative estimate of drug-likeness (QED) is 0.568. The number of hydrogen-bond donors (Lipinski definition) is 0. The molecule has 0 heterocycles. The van der Waals surface area contributed by atoms with E-state index in [-0.39, 0.29) is 0 Å². The fourth-order valence-corrected chi connectivity index (χ4v) is 0.612. The van der Waals surface area contributed by atoms with Crippen molar-refractivity contribution in [1.29, 1.82) is 0 Å². The maximum absolute atomic E-state index is 12.4. The Morgan fingerprint density at radius 3 is 1.69 bits per heavy atom. The van der Waals surface area contributed by atoms with Gasteiger partial charge in [0.25, 0.3) is 0 Å². The first kappa shape index (κ1) is 14.6. The Bertz CT molecular complexity index is 199. The number of hydrogen-bond acceptors (Lipinski definition) is 0. The van der Waals surface area contributed by atoms with E-state index in [9.17, 15) is 8.78 Å². The number of aryl methyl sites for hydroxylation is 1. The van der Waals surface area contributed by atoms with Gasteiger partial charge in [0, 0.05) is 0 Å². The third-order valence-corrected chi connectivity index (χ3v) is 1.14. The summed E-state index contributed by atoms with van der Waals surface area (Å²) in [5, 5.41) is 0. The Labute approximate surface area is 79.6 Å². The fourth-order valence-electron chi connectivity index (χ4n) is 0.612. The normalized spacial score (nSPS) is 7.62. The molecule has 0 amide bonds. The van der Waals surface area contributed by atoms with E-state index in [0.717, 1.165) is 6.07 Å². The highest BCUT2D eigenvalue weighted by molar-refractivity contribution is 5.16. The van der Waals surface area contributed by atoms with Crippen LogP contribution in [0.25, 0.3) is 0 Å². The van der Waals surface area contributed by atoms with Crippen molar-refractivity contribution in [1.82, 2.24) is 0 Å². The minimum absolute atomic E-state index is 0.343. The molecular weight excluding hydrogens is 170 g/mol. The van der Waals surface area contributed by atoms with Crippen LogP contribution in [-0.4, -0.2) is 0 Å². The Hall–Kier alpha value is -0.920. The third-order valence-electron chi connectivity index (χ3n) is 1.14. The Morgan fingerprint density at radius 2 is 1.38 bits per heavy atom. The topological polar surface area (TPSA) is 0 Å². The van der Waals surface area contributed by atoms with Crippen molar-refractivity contribution in [3.8, 4) is 0 Å². The van der Waals surface area contributed by atoms with Crippen LogP contribution in [-0.2, 0) is 0 Å². The average Bonchev–Trinajstić information content (AvgIpc) is 2.20. The Balaban J connectivity index is 0. The highest BCUT2D eigenvalue weighted by Gasteiger charge is 2.00. The molecule has 13 heavy (non-hydrogen) atoms. The zero-order chi connectivity index (χ0) is 10.9. The summed E-state index contributed by atoms with van der Waals surface area (Å²) in [5.74, 6) is -1.53. The molecule has 0 bridgehead atoms. The molecule has 0 N–H and O–H groups in total. The van der Waals surface area contributed by atoms with Crippen LogP contribution in [0.3, 0.4) is 0 Å². The third kappa shape index (κ3) is 5.34. The van der Waals surface area contributed by atoms with Gasteiger partial charge in [0.15, 0.2) is 11.6 Å². The van der Waals surface area contributed by atoms with Gasteiger partial charge in [-0.3, -0.25) is 0 Å². The van der Waals surface area contributed by atoms with Gasteiger partial charge >= 0.3 is 0 Å². The second kappa shape index (κ2) is 9.17. The van der Waals surface area contributed by atoms with E-state index in [2.05, 4.69) is 0 Å². The lowest BCUT2D eigenvalue weighted by atomic mass is 10.2. The summed E-state index contributed by atoms with van der Waals surface area (Å²) in [7, 11) is 0. The molecule has 1 aromatic rings. The summed E-state index contributed by atoms with van der Waals surface area (Å²) >= 11 is 0. The average molecular weight is 188 g/mol. The van der Waals surface area contributed by atoms with E-state index in [1.54, 1.807) is 0 Å². The first-order valence-corrected chi connectivity index (χ1v) is 4.62. The fraction of sp³-hybridized carbons (Fsp3) is 0.455. The highest BCUT2D eigenvalue weighted by Crippen LogP contribution is 2.08. The van der Waals surface area contributed by atoms with Gasteiger partial charge in [-0.2, -0.15) is 0 Å². The largest absolute Gasteiger partial charge is 0.204 e. The maximum Gasteiger partial charge on any atom is 0.161 e. The van der Waals surface area contributed by atoms with Crippen molar-refractivity contribution >= 4 is 0 Å². The molecule has 0 saturated heterocycles. The predicted octanol–water partition coefficient (Wildman–Crippen LogP) is 4.33. The first-order valence-electron chi connectivity index (χ1n) is 4.62. The zero-order valence-electron chi connectivity index (χ0n) is 8.99. The molecule has 0 aliphatic carbocycles. The highest BCUT2D eigenvalue weighted by atomic mass is 19.2. The summed E-state index contributed by atoms with van der Waals surface area (Å²) in [4.78, 5) is 0. The number of halogens is 2. The van der Waals surface area contributed by atoms with Gasteiger partial charge in [0.2, 0.25) is 0 Å². The van der Waals surface area contributed by atoms with Gasteiger partial charge in [0.1, 0.15) is 0 Å². The van der Waals surface area contributed by atoms with E-state index in [4.69, 9.17) is 0 Å². The molecule has 0 aromatic heterocycles. The van der Waals surface area contributed by atoms with Gasteiger partial charge in [-0.1, -0.05) is 39.8 Å². The summed E-state index contributed by atoms with van der Waals surface area (Å²) in [6.45, 7) is 9.53. The van der Waals surface area contributed by atoms with E-state index < -0.39 is 11.6 Å². The molecule has 76 valence electrons. The molecule has 0 aliphatic heterocycles. The van der Waals surface area contributed by atoms with Crippen molar-refractivity contribution in [3.05, 3.63) is 35.4 Å². The number of benzene rings is 1. The van der Waals surface area contributed by atoms with Crippen molar-refractivity contribution in [3.63, 3.8) is 0 Å². The maximum atomic E-state index is 12.4. The van der Waals surface area contributed by atoms with Crippen molar-refractivity contribution < 1.29 is 8.78 Å². The van der Waals surface area contributed by atoms with Crippen LogP contribution >= 0.6 is 0 Å². The Morgan fingerprint density at radius 1 is 0.923 bits per heavy atom. The van der Waals surface area contributed by atoms with Crippen LogP contribution < -0.4 is 0 Å². The lowest BCUT2D eigenvalue weighted by Crippen LogP contribution is -1.85. The van der Waals surface area contributed by atoms with Crippen LogP contribution in [0.15, 0.2) is 18.2 Å². The SMILES string of the molecule is CC.CC.Cc1cccc(F)c1F. The standard InChI is InChI=1S/C7H6F2.2C2H6/c1-5-3-2-4-6(8)7(5)9;2*1-2/h2-4H,1H3;2*1-2H3. The summed E-state index contributed by atoms with van der Waals surface area (Å²) in [6, 6.07) is 4.11. The second-order valence-electron chi connectivity index (χ2n) is 1.87. The molecule has 0 spiro atoms. The molecule has 0 nitrogen and oxygen atoms in total. The van der Waals surface area contributed by atoms with Gasteiger partial charge < -0.3 is 0 Å². The molecule has 0 aliphatic rings.